The molecule has 0 spiro atoms. The maximum atomic E-state index is 10.8. The largest absolute Gasteiger partial charge is 0.480 e. The van der Waals surface area contributed by atoms with Crippen molar-refractivity contribution in [1.29, 1.82) is 0 Å². The molecule has 2 N–H and O–H groups in total. The first kappa shape index (κ1) is 16.4. The maximum Gasteiger partial charge on any atom is 0.320 e. The van der Waals surface area contributed by atoms with E-state index in [1.807, 2.05) is 0 Å². The lowest BCUT2D eigenvalue weighted by molar-refractivity contribution is -0.139. The first-order valence-electron chi connectivity index (χ1n) is 6.78. The van der Waals surface area contributed by atoms with Gasteiger partial charge >= 0.3 is 5.97 Å². The third-order valence-electron chi connectivity index (χ3n) is 2.94. The highest BCUT2D eigenvalue weighted by atomic mass is 16.4. The fourth-order valence-corrected chi connectivity index (χ4v) is 2.04. The van der Waals surface area contributed by atoms with Gasteiger partial charge in [0, 0.05) is 0 Å². The Labute approximate surface area is 105 Å². The number of unbranched alkanes of at least 4 members (excludes halogenated alkanes) is 1. The molecule has 0 rings (SSSR count). The number of carboxylic acid groups (broad SMARTS) is 1. The van der Waals surface area contributed by atoms with E-state index in [4.69, 9.17) is 5.11 Å². The maximum absolute atomic E-state index is 10.8. The molecule has 0 aliphatic rings. The van der Waals surface area contributed by atoms with Gasteiger partial charge in [-0.25, -0.2) is 0 Å². The van der Waals surface area contributed by atoms with E-state index in [1.54, 1.807) is 7.05 Å². The van der Waals surface area contributed by atoms with Gasteiger partial charge < -0.3 is 15.3 Å². The molecule has 0 bridgehead atoms. The van der Waals surface area contributed by atoms with Gasteiger partial charge in [0.15, 0.2) is 0 Å². The summed E-state index contributed by atoms with van der Waals surface area (Å²) in [4.78, 5) is 13.3. The van der Waals surface area contributed by atoms with Crippen molar-refractivity contribution >= 4 is 5.97 Å². The molecular formula is C13H28N2O2. The van der Waals surface area contributed by atoms with Crippen LogP contribution in [0, 0.1) is 0 Å². The van der Waals surface area contributed by atoms with E-state index in [2.05, 4.69) is 24.1 Å². The molecule has 0 aliphatic carbocycles. The van der Waals surface area contributed by atoms with Gasteiger partial charge in [-0.1, -0.05) is 20.3 Å². The Balaban J connectivity index is 3.69. The first-order valence-corrected chi connectivity index (χ1v) is 6.78. The lowest BCUT2D eigenvalue weighted by atomic mass is 10.1. The van der Waals surface area contributed by atoms with Crippen molar-refractivity contribution in [2.75, 3.05) is 26.7 Å². The monoisotopic (exact) mass is 244 g/mol. The van der Waals surface area contributed by atoms with Gasteiger partial charge in [-0.15, -0.1) is 0 Å². The van der Waals surface area contributed by atoms with Crippen LogP contribution in [0.4, 0.5) is 0 Å². The van der Waals surface area contributed by atoms with Gasteiger partial charge in [-0.2, -0.15) is 0 Å². The number of rotatable bonds is 11. The third-order valence-corrected chi connectivity index (χ3v) is 2.94. The van der Waals surface area contributed by atoms with Crippen molar-refractivity contribution in [2.24, 2.45) is 0 Å². The standard InChI is InChI=1S/C13H28N2O2/c1-4-9-15(10-5-2)11-7-6-8-12(14-3)13(16)17/h12,14H,4-11H2,1-3H3,(H,16,17)/t12-/m0/s1. The van der Waals surface area contributed by atoms with Crippen LogP contribution in [0.2, 0.25) is 0 Å². The summed E-state index contributed by atoms with van der Waals surface area (Å²) in [5.74, 6) is -0.744. The lowest BCUT2D eigenvalue weighted by Crippen LogP contribution is -2.34. The number of likely N-dealkylation sites (N-methyl/N-ethyl adjacent to an activating group) is 1. The van der Waals surface area contributed by atoms with Crippen LogP contribution in [-0.2, 0) is 4.79 Å². The number of aliphatic carboxylic acids is 1. The van der Waals surface area contributed by atoms with Crippen molar-refractivity contribution in [3.63, 3.8) is 0 Å². The van der Waals surface area contributed by atoms with Gasteiger partial charge in [0.2, 0.25) is 0 Å². The van der Waals surface area contributed by atoms with Crippen LogP contribution in [-0.4, -0.2) is 48.7 Å². The van der Waals surface area contributed by atoms with Crippen LogP contribution in [0.25, 0.3) is 0 Å². The molecule has 0 amide bonds. The minimum Gasteiger partial charge on any atom is -0.480 e. The van der Waals surface area contributed by atoms with Gasteiger partial charge in [0.25, 0.3) is 0 Å². The molecule has 0 aliphatic heterocycles. The first-order chi connectivity index (χ1) is 8.15. The van der Waals surface area contributed by atoms with Crippen molar-refractivity contribution in [3.8, 4) is 0 Å². The molecule has 4 heteroatoms. The molecule has 0 saturated carbocycles. The highest BCUT2D eigenvalue weighted by Crippen LogP contribution is 2.04. The van der Waals surface area contributed by atoms with Crippen LogP contribution in [0.1, 0.15) is 46.0 Å². The summed E-state index contributed by atoms with van der Waals surface area (Å²) in [6, 6.07) is -0.388. The smallest absolute Gasteiger partial charge is 0.320 e. The highest BCUT2D eigenvalue weighted by molar-refractivity contribution is 5.73. The number of hydrogen-bond acceptors (Lipinski definition) is 3. The molecular weight excluding hydrogens is 216 g/mol. The van der Waals surface area contributed by atoms with Gasteiger partial charge in [0.1, 0.15) is 6.04 Å². The third kappa shape index (κ3) is 8.16. The average Bonchev–Trinajstić information content (AvgIpc) is 2.29. The molecule has 0 aromatic heterocycles. The van der Waals surface area contributed by atoms with Crippen molar-refractivity contribution in [1.82, 2.24) is 10.2 Å². The minimum absolute atomic E-state index is 0.388. The quantitative estimate of drug-likeness (QED) is 0.545. The summed E-state index contributed by atoms with van der Waals surface area (Å²) in [5, 5.41) is 11.7. The lowest BCUT2D eigenvalue weighted by Gasteiger charge is -2.21. The summed E-state index contributed by atoms with van der Waals surface area (Å²) in [7, 11) is 1.71. The zero-order valence-corrected chi connectivity index (χ0v) is 11.5. The van der Waals surface area contributed by atoms with E-state index < -0.39 is 5.97 Å². The second-order valence-corrected chi connectivity index (χ2v) is 4.52. The Morgan fingerprint density at radius 3 is 2.18 bits per heavy atom. The Bertz CT molecular complexity index is 192. The second kappa shape index (κ2) is 10.5. The Hall–Kier alpha value is -0.610. The van der Waals surface area contributed by atoms with Crippen molar-refractivity contribution < 1.29 is 9.90 Å². The summed E-state index contributed by atoms with van der Waals surface area (Å²) >= 11 is 0. The molecule has 0 radical (unpaired) electrons. The number of hydrogen-bond donors (Lipinski definition) is 2. The molecule has 4 nitrogen and oxygen atoms in total. The molecule has 1 atom stereocenters. The summed E-state index contributed by atoms with van der Waals surface area (Å²) < 4.78 is 0. The summed E-state index contributed by atoms with van der Waals surface area (Å²) in [5.41, 5.74) is 0. The number of carbonyl (C=O) groups is 1. The van der Waals surface area contributed by atoms with Crippen LogP contribution in [0.15, 0.2) is 0 Å². The Morgan fingerprint density at radius 2 is 1.76 bits per heavy atom. The zero-order valence-electron chi connectivity index (χ0n) is 11.5. The van der Waals surface area contributed by atoms with E-state index in [1.165, 1.54) is 12.8 Å². The molecule has 0 aromatic carbocycles. The molecule has 0 heterocycles. The molecule has 17 heavy (non-hydrogen) atoms. The van der Waals surface area contributed by atoms with E-state index in [0.717, 1.165) is 38.9 Å². The van der Waals surface area contributed by atoms with Crippen molar-refractivity contribution in [2.45, 2.75) is 52.0 Å². The van der Waals surface area contributed by atoms with Crippen LogP contribution in [0.3, 0.4) is 0 Å². The molecule has 102 valence electrons. The molecule has 0 aromatic rings. The highest BCUT2D eigenvalue weighted by Gasteiger charge is 2.13. The molecule has 0 fully saturated rings. The Morgan fingerprint density at radius 1 is 1.18 bits per heavy atom. The van der Waals surface area contributed by atoms with Crippen LogP contribution >= 0.6 is 0 Å². The average molecular weight is 244 g/mol. The minimum atomic E-state index is -0.744. The fourth-order valence-electron chi connectivity index (χ4n) is 2.04. The van der Waals surface area contributed by atoms with E-state index in [0.29, 0.717) is 0 Å². The predicted molar refractivity (Wildman–Crippen MR) is 71.4 cm³/mol. The number of nitrogens with one attached hydrogen (secondary N) is 1. The zero-order chi connectivity index (χ0) is 13.1. The van der Waals surface area contributed by atoms with E-state index >= 15 is 0 Å². The fraction of sp³-hybridized carbons (Fsp3) is 0.923. The molecule has 0 saturated heterocycles. The normalized spacial score (nSPS) is 12.9. The van der Waals surface area contributed by atoms with Gasteiger partial charge in [-0.05, 0) is 52.4 Å². The summed E-state index contributed by atoms with van der Waals surface area (Å²) in [6.07, 6.45) is 5.16. The van der Waals surface area contributed by atoms with Crippen LogP contribution in [0.5, 0.6) is 0 Å². The van der Waals surface area contributed by atoms with E-state index in [9.17, 15) is 4.79 Å². The number of carboxylic acids is 1. The van der Waals surface area contributed by atoms with Gasteiger partial charge in [-0.3, -0.25) is 4.79 Å². The van der Waals surface area contributed by atoms with Crippen LogP contribution < -0.4 is 5.32 Å². The second-order valence-electron chi connectivity index (χ2n) is 4.52. The molecule has 0 unspecified atom stereocenters. The topological polar surface area (TPSA) is 52.6 Å². The summed E-state index contributed by atoms with van der Waals surface area (Å²) in [6.45, 7) is 7.80. The van der Waals surface area contributed by atoms with E-state index in [-0.39, 0.29) is 6.04 Å². The Kier molecular flexibility index (Phi) is 10.2. The SMILES string of the molecule is CCCN(CCC)CCCC[C@H](NC)C(=O)O. The van der Waals surface area contributed by atoms with Gasteiger partial charge in [0.05, 0.1) is 0 Å². The van der Waals surface area contributed by atoms with Crippen molar-refractivity contribution in [3.05, 3.63) is 0 Å². The number of nitrogens with zero attached hydrogens (tertiary/aromatic N) is 1. The predicted octanol–water partition coefficient (Wildman–Crippen LogP) is 1.95.